The molecule has 380 valence electrons. The van der Waals surface area contributed by atoms with Gasteiger partial charge in [0, 0.05) is 0 Å². The van der Waals surface area contributed by atoms with Crippen molar-refractivity contribution in [3.05, 3.63) is 89.5 Å². The summed E-state index contributed by atoms with van der Waals surface area (Å²) in [6.07, 6.45) is 35.4. The van der Waals surface area contributed by atoms with Gasteiger partial charge in [0.15, 0.2) is 0 Å². The molecule has 0 aliphatic rings. The van der Waals surface area contributed by atoms with Crippen molar-refractivity contribution in [1.82, 2.24) is 0 Å². The molecule has 0 amide bonds. The molecule has 67 heavy (non-hydrogen) atoms. The van der Waals surface area contributed by atoms with Gasteiger partial charge in [0.25, 0.3) is 0 Å². The fourth-order valence-corrected chi connectivity index (χ4v) is 20.0. The van der Waals surface area contributed by atoms with Crippen molar-refractivity contribution in [1.29, 1.82) is 0 Å². The van der Waals surface area contributed by atoms with Crippen LogP contribution in [0, 0.1) is 0 Å². The van der Waals surface area contributed by atoms with E-state index in [1.54, 1.807) is 54.6 Å². The molecule has 9 nitrogen and oxygen atoms in total. The van der Waals surface area contributed by atoms with Crippen LogP contribution in [0.15, 0.2) is 87.5 Å². The van der Waals surface area contributed by atoms with Crippen LogP contribution in [0.25, 0.3) is 0 Å². The first-order valence-corrected chi connectivity index (χ1v) is 33.7. The van der Waals surface area contributed by atoms with E-state index in [0.717, 1.165) is 77.0 Å². The van der Waals surface area contributed by atoms with Gasteiger partial charge >= 0.3 is 343 Å². The van der Waals surface area contributed by atoms with Gasteiger partial charge < -0.3 is 0 Å². The molecule has 3 rings (SSSR count). The Morgan fingerprint density at radius 3 is 0.716 bits per heavy atom. The number of hydrogen-bond acceptors (Lipinski definition) is 9. The Morgan fingerprint density at radius 2 is 0.493 bits per heavy atom. The molecule has 0 aromatic heterocycles. The molecule has 0 radical (unpaired) electrons. The van der Waals surface area contributed by atoms with Gasteiger partial charge in [0.05, 0.1) is 0 Å². The van der Waals surface area contributed by atoms with Crippen molar-refractivity contribution in [2.45, 2.75) is 247 Å². The Morgan fingerprint density at radius 1 is 0.299 bits per heavy atom. The molecule has 0 spiro atoms. The molecule has 0 saturated carbocycles. The predicted molar refractivity (Wildman–Crippen MR) is 277 cm³/mol. The van der Waals surface area contributed by atoms with Gasteiger partial charge in [-0.05, 0) is 0 Å². The zero-order valence-electron chi connectivity index (χ0n) is 41.6. The normalized spacial score (nSPS) is 12.4. The Labute approximate surface area is 418 Å². The molecule has 0 atom stereocenters. The average molecular weight is 1100 g/mol. The number of unbranched alkanes of at least 4 members (excludes halogenated alkanes) is 27. The molecule has 0 saturated heterocycles. The minimum Gasteiger partial charge on any atom is -0.0654 e. The molecule has 3 aromatic rings. The third-order valence-electron chi connectivity index (χ3n) is 12.6. The summed E-state index contributed by atoms with van der Waals surface area (Å²) < 4.78 is 102. The van der Waals surface area contributed by atoms with Gasteiger partial charge in [-0.15, -0.1) is 0 Å². The third-order valence-corrected chi connectivity index (χ3v) is 24.5. The monoisotopic (exact) mass is 1100 g/mol. The first kappa shape index (κ1) is 59.5. The first-order valence-electron chi connectivity index (χ1n) is 26.3. The van der Waals surface area contributed by atoms with Gasteiger partial charge in [-0.3, -0.25) is 0 Å². The van der Waals surface area contributed by atoms with E-state index in [-0.39, 0.29) is 14.7 Å². The average Bonchev–Trinajstić information content (AvgIpc) is 3.30. The summed E-state index contributed by atoms with van der Waals surface area (Å²) >= 11 is -5.24. The number of rotatable bonds is 42. The molecule has 0 aliphatic carbocycles. The van der Waals surface area contributed by atoms with Crippen LogP contribution in [0.4, 0.5) is 0 Å². The number of hydrogen-bond donors (Lipinski definition) is 0. The number of aryl methyl sites for hydroxylation is 3. The third kappa shape index (κ3) is 24.7. The van der Waals surface area contributed by atoms with E-state index in [4.69, 9.17) is 7.38 Å². The van der Waals surface area contributed by atoms with Crippen LogP contribution in [0.5, 0.6) is 0 Å². The van der Waals surface area contributed by atoms with Crippen LogP contribution in [0.3, 0.4) is 0 Å². The van der Waals surface area contributed by atoms with Gasteiger partial charge in [-0.1, -0.05) is 78.6 Å². The SMILES string of the molecule is CCCCCCCCCCCCc1ccccc1S(=O)(=O)[O][Sb]([O]S(=O)(=O)c1ccccc1CCCCCCCCCCCC)[O]S(=O)(=O)c1ccccc1CCCCCCCCCCCC. The van der Waals surface area contributed by atoms with E-state index >= 15 is 0 Å². The smallest absolute Gasteiger partial charge is 0.0654 e. The molecule has 13 heteroatoms. The second kappa shape index (κ2) is 35.3. The van der Waals surface area contributed by atoms with Gasteiger partial charge in [-0.25, -0.2) is 0 Å². The Hall–Kier alpha value is -1.79. The van der Waals surface area contributed by atoms with Gasteiger partial charge in [0.1, 0.15) is 0 Å². The molecule has 0 aliphatic heterocycles. The van der Waals surface area contributed by atoms with Crippen molar-refractivity contribution >= 4 is 51.8 Å². The summed E-state index contributed by atoms with van der Waals surface area (Å²) in [7, 11) is -14.2. The maximum atomic E-state index is 14.2. The summed E-state index contributed by atoms with van der Waals surface area (Å²) in [6.45, 7) is 6.65. The molecular formula is C54H87O9S3Sb. The zero-order valence-corrected chi connectivity index (χ0v) is 46.6. The summed E-state index contributed by atoms with van der Waals surface area (Å²) in [5.41, 5.74) is 1.53. The molecule has 3 aromatic carbocycles. The van der Waals surface area contributed by atoms with E-state index in [0.29, 0.717) is 36.0 Å². The molecule has 0 bridgehead atoms. The molecule has 0 heterocycles. The van der Waals surface area contributed by atoms with Crippen molar-refractivity contribution < 1.29 is 32.6 Å². The molecule has 0 N–H and O–H groups in total. The minimum atomic E-state index is -5.24. The summed E-state index contributed by atoms with van der Waals surface area (Å²) in [6, 6.07) is 19.3. The summed E-state index contributed by atoms with van der Waals surface area (Å²) in [5, 5.41) is 0. The Balaban J connectivity index is 1.79. The quantitative estimate of drug-likeness (QED) is 0.0402. The predicted octanol–water partition coefficient (Wildman–Crippen LogP) is 15.6. The van der Waals surface area contributed by atoms with E-state index in [2.05, 4.69) is 20.8 Å². The topological polar surface area (TPSA) is 130 Å². The first-order chi connectivity index (χ1) is 32.4. The standard InChI is InChI=1S/3C18H30O3S.Sb/c3*1-2-3-4-5-6-7-8-9-10-11-14-17-15-12-13-16-18(17)22(19,20)21;/h3*12-13,15-16H,2-11,14H2,1H3,(H,19,20,21);/q;;;+3/p-3. The zero-order chi connectivity index (χ0) is 48.5. The van der Waals surface area contributed by atoms with E-state index in [1.807, 2.05) is 0 Å². The van der Waals surface area contributed by atoms with Crippen molar-refractivity contribution in [2.24, 2.45) is 0 Å². The van der Waals surface area contributed by atoms with Crippen LogP contribution < -0.4 is 0 Å². The maximum absolute atomic E-state index is 14.2. The minimum absolute atomic E-state index is 0.148. The Bertz CT molecular complexity index is 1860. The van der Waals surface area contributed by atoms with E-state index < -0.39 is 51.8 Å². The summed E-state index contributed by atoms with van der Waals surface area (Å²) in [5.74, 6) is 0. The van der Waals surface area contributed by atoms with Crippen LogP contribution >= 0.6 is 0 Å². The molecular weight excluding hydrogens is 1010 g/mol. The summed E-state index contributed by atoms with van der Waals surface area (Å²) in [4.78, 5) is -0.444. The van der Waals surface area contributed by atoms with E-state index in [1.165, 1.54) is 134 Å². The van der Waals surface area contributed by atoms with Gasteiger partial charge in [0.2, 0.25) is 0 Å². The van der Waals surface area contributed by atoms with Crippen LogP contribution in [-0.4, -0.2) is 46.7 Å². The molecule has 0 fully saturated rings. The second-order valence-corrected chi connectivity index (χ2v) is 28.0. The molecule has 0 unspecified atom stereocenters. The Kier molecular flexibility index (Phi) is 31.4. The van der Waals surface area contributed by atoms with Crippen LogP contribution in [-0.2, 0) is 57.0 Å². The van der Waals surface area contributed by atoms with Crippen LogP contribution in [0.2, 0.25) is 0 Å². The van der Waals surface area contributed by atoms with Crippen LogP contribution in [0.1, 0.15) is 230 Å². The second-order valence-electron chi connectivity index (χ2n) is 18.4. The fourth-order valence-electron chi connectivity index (χ4n) is 8.67. The van der Waals surface area contributed by atoms with Crippen molar-refractivity contribution in [3.8, 4) is 0 Å². The van der Waals surface area contributed by atoms with Crippen molar-refractivity contribution in [3.63, 3.8) is 0 Å². The van der Waals surface area contributed by atoms with E-state index in [9.17, 15) is 25.3 Å². The van der Waals surface area contributed by atoms with Crippen molar-refractivity contribution in [2.75, 3.05) is 0 Å². The van der Waals surface area contributed by atoms with Gasteiger partial charge in [-0.2, -0.15) is 0 Å². The number of benzene rings is 3. The fraction of sp³-hybridized carbons (Fsp3) is 0.667.